The average Bonchev–Trinajstić information content (AvgIpc) is 2.38. The summed E-state index contributed by atoms with van der Waals surface area (Å²) in [5.41, 5.74) is 9.19. The van der Waals surface area contributed by atoms with Crippen LogP contribution in [0.3, 0.4) is 0 Å². The third-order valence-electron chi connectivity index (χ3n) is 3.94. The Hall–Kier alpha value is -1.09. The van der Waals surface area contributed by atoms with Gasteiger partial charge in [-0.05, 0) is 49.4 Å². The Kier molecular flexibility index (Phi) is 4.23. The molecule has 0 saturated carbocycles. The lowest BCUT2D eigenvalue weighted by Crippen LogP contribution is -2.35. The molecule has 0 aromatic heterocycles. The first kappa shape index (κ1) is 13.3. The molecular formula is C15H22N2S. The fourth-order valence-corrected chi connectivity index (χ4v) is 2.98. The van der Waals surface area contributed by atoms with Gasteiger partial charge in [0.1, 0.15) is 4.99 Å². The summed E-state index contributed by atoms with van der Waals surface area (Å²) in [7, 11) is 0. The standard InChI is InChI=1S/C15H22N2S/c1-3-12-5-4-8-17(10-12)13-6-7-14(15(16)18)11(2)9-13/h6-7,9,12H,3-5,8,10H2,1-2H3,(H2,16,18). The Balaban J connectivity index is 2.18. The second-order valence-corrected chi connectivity index (χ2v) is 5.67. The molecule has 1 aliphatic rings. The number of piperidine rings is 1. The van der Waals surface area contributed by atoms with Crippen LogP contribution < -0.4 is 10.6 Å². The molecule has 2 rings (SSSR count). The third kappa shape index (κ3) is 2.83. The quantitative estimate of drug-likeness (QED) is 0.848. The van der Waals surface area contributed by atoms with Gasteiger partial charge in [0, 0.05) is 24.3 Å². The van der Waals surface area contributed by atoms with Crippen LogP contribution in [0.1, 0.15) is 37.3 Å². The molecule has 2 nitrogen and oxygen atoms in total. The normalized spacial score (nSPS) is 19.9. The van der Waals surface area contributed by atoms with Gasteiger partial charge < -0.3 is 10.6 Å². The van der Waals surface area contributed by atoms with Crippen molar-refractivity contribution >= 4 is 22.9 Å². The van der Waals surface area contributed by atoms with Crippen LogP contribution in [0.5, 0.6) is 0 Å². The van der Waals surface area contributed by atoms with Crippen LogP contribution in [0.2, 0.25) is 0 Å². The first-order valence-electron chi connectivity index (χ1n) is 6.77. The van der Waals surface area contributed by atoms with Gasteiger partial charge in [0.25, 0.3) is 0 Å². The number of thiocarbonyl (C=S) groups is 1. The fourth-order valence-electron chi connectivity index (χ4n) is 2.75. The second-order valence-electron chi connectivity index (χ2n) is 5.23. The monoisotopic (exact) mass is 262 g/mol. The number of nitrogens with two attached hydrogens (primary N) is 1. The van der Waals surface area contributed by atoms with E-state index in [-0.39, 0.29) is 0 Å². The van der Waals surface area contributed by atoms with Gasteiger partial charge in [-0.15, -0.1) is 0 Å². The summed E-state index contributed by atoms with van der Waals surface area (Å²) in [6.07, 6.45) is 3.95. The summed E-state index contributed by atoms with van der Waals surface area (Å²) < 4.78 is 0. The van der Waals surface area contributed by atoms with E-state index in [0.717, 1.165) is 11.5 Å². The lowest BCUT2D eigenvalue weighted by molar-refractivity contribution is 0.404. The molecule has 1 heterocycles. The van der Waals surface area contributed by atoms with Crippen LogP contribution in [-0.2, 0) is 0 Å². The average molecular weight is 262 g/mol. The van der Waals surface area contributed by atoms with Gasteiger partial charge in [-0.2, -0.15) is 0 Å². The molecule has 0 bridgehead atoms. The van der Waals surface area contributed by atoms with Crippen molar-refractivity contribution in [3.05, 3.63) is 29.3 Å². The van der Waals surface area contributed by atoms with E-state index < -0.39 is 0 Å². The number of hydrogen-bond acceptors (Lipinski definition) is 2. The molecule has 1 aliphatic heterocycles. The van der Waals surface area contributed by atoms with Crippen LogP contribution in [-0.4, -0.2) is 18.1 Å². The van der Waals surface area contributed by atoms with Gasteiger partial charge in [0.2, 0.25) is 0 Å². The van der Waals surface area contributed by atoms with Gasteiger partial charge in [-0.3, -0.25) is 0 Å². The van der Waals surface area contributed by atoms with Crippen molar-refractivity contribution in [2.24, 2.45) is 11.7 Å². The minimum absolute atomic E-state index is 0.490. The molecule has 1 aromatic carbocycles. The van der Waals surface area contributed by atoms with E-state index in [9.17, 15) is 0 Å². The van der Waals surface area contributed by atoms with Gasteiger partial charge in [0.05, 0.1) is 0 Å². The van der Waals surface area contributed by atoms with Crippen LogP contribution in [0.25, 0.3) is 0 Å². The highest BCUT2D eigenvalue weighted by molar-refractivity contribution is 7.80. The van der Waals surface area contributed by atoms with Gasteiger partial charge in [-0.25, -0.2) is 0 Å². The molecular weight excluding hydrogens is 240 g/mol. The third-order valence-corrected chi connectivity index (χ3v) is 4.16. The minimum Gasteiger partial charge on any atom is -0.389 e. The maximum Gasteiger partial charge on any atom is 0.104 e. The molecule has 0 spiro atoms. The first-order chi connectivity index (χ1) is 8.61. The van der Waals surface area contributed by atoms with Crippen molar-refractivity contribution in [2.75, 3.05) is 18.0 Å². The summed E-state index contributed by atoms with van der Waals surface area (Å²) in [4.78, 5) is 2.98. The zero-order chi connectivity index (χ0) is 13.1. The molecule has 1 unspecified atom stereocenters. The Morgan fingerprint density at radius 2 is 2.28 bits per heavy atom. The molecule has 0 aliphatic carbocycles. The number of rotatable bonds is 3. The van der Waals surface area contributed by atoms with E-state index in [0.29, 0.717) is 4.99 Å². The molecule has 1 saturated heterocycles. The second kappa shape index (κ2) is 5.70. The minimum atomic E-state index is 0.490. The van der Waals surface area contributed by atoms with Crippen LogP contribution >= 0.6 is 12.2 Å². The Bertz CT molecular complexity index is 442. The van der Waals surface area contributed by atoms with Crippen molar-refractivity contribution in [3.63, 3.8) is 0 Å². The van der Waals surface area contributed by atoms with Crippen molar-refractivity contribution < 1.29 is 0 Å². The highest BCUT2D eigenvalue weighted by Crippen LogP contribution is 2.26. The van der Waals surface area contributed by atoms with Gasteiger partial charge >= 0.3 is 0 Å². The maximum atomic E-state index is 5.70. The molecule has 98 valence electrons. The van der Waals surface area contributed by atoms with Gasteiger partial charge in [0.15, 0.2) is 0 Å². The first-order valence-corrected chi connectivity index (χ1v) is 7.18. The summed E-state index contributed by atoms with van der Waals surface area (Å²) in [6.45, 7) is 6.72. The van der Waals surface area contributed by atoms with Crippen molar-refractivity contribution in [3.8, 4) is 0 Å². The number of benzene rings is 1. The Morgan fingerprint density at radius 3 is 2.89 bits per heavy atom. The van der Waals surface area contributed by atoms with E-state index in [1.165, 1.54) is 43.6 Å². The largest absolute Gasteiger partial charge is 0.389 e. The summed E-state index contributed by atoms with van der Waals surface area (Å²) >= 11 is 5.05. The van der Waals surface area contributed by atoms with Crippen LogP contribution in [0.4, 0.5) is 5.69 Å². The summed E-state index contributed by atoms with van der Waals surface area (Å²) in [5, 5.41) is 0. The molecule has 18 heavy (non-hydrogen) atoms. The van der Waals surface area contributed by atoms with E-state index in [2.05, 4.69) is 36.9 Å². The molecule has 0 amide bonds. The number of anilines is 1. The van der Waals surface area contributed by atoms with E-state index in [1.807, 2.05) is 0 Å². The number of aryl methyl sites for hydroxylation is 1. The Labute approximate surface area is 115 Å². The molecule has 1 fully saturated rings. The van der Waals surface area contributed by atoms with Crippen molar-refractivity contribution in [1.82, 2.24) is 0 Å². The zero-order valence-corrected chi connectivity index (χ0v) is 12.1. The predicted octanol–water partition coefficient (Wildman–Crippen LogP) is 3.26. The maximum absolute atomic E-state index is 5.70. The summed E-state index contributed by atoms with van der Waals surface area (Å²) in [6, 6.07) is 6.43. The molecule has 0 radical (unpaired) electrons. The van der Waals surface area contributed by atoms with Gasteiger partial charge in [-0.1, -0.05) is 25.6 Å². The topological polar surface area (TPSA) is 29.3 Å². The highest BCUT2D eigenvalue weighted by atomic mass is 32.1. The molecule has 1 atom stereocenters. The van der Waals surface area contributed by atoms with E-state index >= 15 is 0 Å². The van der Waals surface area contributed by atoms with Crippen LogP contribution in [0, 0.1) is 12.8 Å². The zero-order valence-electron chi connectivity index (χ0n) is 11.3. The van der Waals surface area contributed by atoms with Crippen molar-refractivity contribution in [1.29, 1.82) is 0 Å². The number of nitrogens with zero attached hydrogens (tertiary/aromatic N) is 1. The lowest BCUT2D eigenvalue weighted by atomic mass is 9.95. The molecule has 1 aromatic rings. The van der Waals surface area contributed by atoms with E-state index in [1.54, 1.807) is 0 Å². The number of hydrogen-bond donors (Lipinski definition) is 1. The summed E-state index contributed by atoms with van der Waals surface area (Å²) in [5.74, 6) is 0.842. The predicted molar refractivity (Wildman–Crippen MR) is 82.3 cm³/mol. The van der Waals surface area contributed by atoms with Crippen molar-refractivity contribution in [2.45, 2.75) is 33.1 Å². The highest BCUT2D eigenvalue weighted by Gasteiger charge is 2.19. The van der Waals surface area contributed by atoms with Crippen LogP contribution in [0.15, 0.2) is 18.2 Å². The lowest BCUT2D eigenvalue weighted by Gasteiger charge is -2.34. The smallest absolute Gasteiger partial charge is 0.104 e. The SMILES string of the molecule is CCC1CCCN(c2ccc(C(N)=S)c(C)c2)C1. The fraction of sp³-hybridized carbons (Fsp3) is 0.533. The Morgan fingerprint density at radius 1 is 1.50 bits per heavy atom. The molecule has 2 N–H and O–H groups in total. The van der Waals surface area contributed by atoms with E-state index in [4.69, 9.17) is 18.0 Å². The molecule has 3 heteroatoms.